The number of nitrogens with one attached hydrogen (secondary N) is 1. The van der Waals surface area contributed by atoms with Crippen LogP contribution in [0.4, 0.5) is 4.39 Å². The highest BCUT2D eigenvalue weighted by Gasteiger charge is 2.21. The lowest BCUT2D eigenvalue weighted by Gasteiger charge is -2.19. The highest BCUT2D eigenvalue weighted by molar-refractivity contribution is 5.97. The van der Waals surface area contributed by atoms with Crippen LogP contribution in [0.1, 0.15) is 60.4 Å². The van der Waals surface area contributed by atoms with Crippen molar-refractivity contribution in [3.8, 4) is 17.2 Å². The van der Waals surface area contributed by atoms with E-state index in [9.17, 15) is 14.0 Å². The molecule has 46 heavy (non-hydrogen) atoms. The van der Waals surface area contributed by atoms with Crippen LogP contribution in [0, 0.1) is 5.82 Å². The molecule has 1 unspecified atom stereocenters. The van der Waals surface area contributed by atoms with E-state index in [0.717, 1.165) is 16.3 Å². The predicted octanol–water partition coefficient (Wildman–Crippen LogP) is 8.12. The Bertz CT molecular complexity index is 1810. The third kappa shape index (κ3) is 8.47. The van der Waals surface area contributed by atoms with E-state index in [2.05, 4.69) is 43.2 Å². The van der Waals surface area contributed by atoms with Crippen molar-refractivity contribution in [1.82, 2.24) is 10.3 Å². The quantitative estimate of drug-likeness (QED) is 0.150. The summed E-state index contributed by atoms with van der Waals surface area (Å²) in [4.78, 5) is 30.0. The standard InChI is InChI=1S/C38H37FN2O5/c1-38(2,3)29-11-16-32(17-12-29)46-33-15-10-27-24-40-35(22-28(27)21-33)37(43)41-34(23-36(42)44-4)26-8-13-31(14-9-26)45-19-18-25-6-5-7-30(39)20-25/h5-17,20-22,24,34H,18-19,23H2,1-4H3,(H,41,43). The van der Waals surface area contributed by atoms with Crippen LogP contribution >= 0.6 is 0 Å². The van der Waals surface area contributed by atoms with Gasteiger partial charge in [0.2, 0.25) is 0 Å². The van der Waals surface area contributed by atoms with Gasteiger partial charge in [-0.3, -0.25) is 14.6 Å². The van der Waals surface area contributed by atoms with Crippen LogP contribution in [0.3, 0.4) is 0 Å². The van der Waals surface area contributed by atoms with E-state index < -0.39 is 17.9 Å². The number of halogens is 1. The number of amides is 1. The number of rotatable bonds is 11. The molecule has 0 aliphatic rings. The summed E-state index contributed by atoms with van der Waals surface area (Å²) in [7, 11) is 1.31. The molecule has 0 spiro atoms. The van der Waals surface area contributed by atoms with Gasteiger partial charge in [-0.05, 0) is 88.2 Å². The van der Waals surface area contributed by atoms with Gasteiger partial charge in [0.1, 0.15) is 28.8 Å². The van der Waals surface area contributed by atoms with E-state index in [1.165, 1.54) is 24.8 Å². The number of hydrogen-bond acceptors (Lipinski definition) is 6. The van der Waals surface area contributed by atoms with Crippen molar-refractivity contribution in [3.63, 3.8) is 0 Å². The number of pyridine rings is 1. The Morgan fingerprint density at radius 1 is 0.848 bits per heavy atom. The summed E-state index contributed by atoms with van der Waals surface area (Å²) in [6.45, 7) is 6.86. The molecule has 0 aliphatic carbocycles. The Morgan fingerprint density at radius 3 is 2.26 bits per heavy atom. The first kappa shape index (κ1) is 32.2. The number of esters is 1. The zero-order chi connectivity index (χ0) is 32.7. The van der Waals surface area contributed by atoms with Crippen LogP contribution < -0.4 is 14.8 Å². The van der Waals surface area contributed by atoms with E-state index in [0.29, 0.717) is 35.8 Å². The first-order valence-electron chi connectivity index (χ1n) is 15.1. The number of methoxy groups -OCH3 is 1. The average Bonchev–Trinajstić information content (AvgIpc) is 3.04. The molecule has 1 heterocycles. The summed E-state index contributed by atoms with van der Waals surface area (Å²) >= 11 is 0. The number of aromatic nitrogens is 1. The van der Waals surface area contributed by atoms with Crippen molar-refractivity contribution in [3.05, 3.63) is 131 Å². The van der Waals surface area contributed by atoms with Gasteiger partial charge < -0.3 is 19.5 Å². The van der Waals surface area contributed by atoms with E-state index >= 15 is 0 Å². The average molecular weight is 621 g/mol. The summed E-state index contributed by atoms with van der Waals surface area (Å²) in [5, 5.41) is 4.57. The summed E-state index contributed by atoms with van der Waals surface area (Å²) < 4.78 is 30.2. The minimum absolute atomic E-state index is 0.0471. The molecule has 1 N–H and O–H groups in total. The van der Waals surface area contributed by atoms with Crippen molar-refractivity contribution < 1.29 is 28.2 Å². The van der Waals surface area contributed by atoms with Crippen LogP contribution in [-0.2, 0) is 21.4 Å². The van der Waals surface area contributed by atoms with E-state index in [4.69, 9.17) is 14.2 Å². The lowest BCUT2D eigenvalue weighted by Crippen LogP contribution is -2.31. The second-order valence-corrected chi connectivity index (χ2v) is 12.1. The fourth-order valence-corrected chi connectivity index (χ4v) is 4.98. The predicted molar refractivity (Wildman–Crippen MR) is 176 cm³/mol. The third-order valence-electron chi connectivity index (χ3n) is 7.62. The molecule has 0 fully saturated rings. The van der Waals surface area contributed by atoms with Crippen LogP contribution in [0.2, 0.25) is 0 Å². The van der Waals surface area contributed by atoms with Gasteiger partial charge in [-0.15, -0.1) is 0 Å². The molecule has 236 valence electrons. The largest absolute Gasteiger partial charge is 0.493 e. The maximum absolute atomic E-state index is 13.4. The minimum atomic E-state index is -0.662. The highest BCUT2D eigenvalue weighted by atomic mass is 19.1. The number of nitrogens with zero attached hydrogens (tertiary/aromatic N) is 1. The SMILES string of the molecule is COC(=O)CC(NC(=O)c1cc2cc(Oc3ccc(C(C)(C)C)cc3)ccc2cn1)c1ccc(OCCc2cccc(F)c2)cc1. The van der Waals surface area contributed by atoms with Gasteiger partial charge >= 0.3 is 5.97 Å². The Labute approximate surface area is 268 Å². The molecular formula is C38H37FN2O5. The van der Waals surface area contributed by atoms with Gasteiger partial charge in [-0.1, -0.05) is 57.2 Å². The molecular weight excluding hydrogens is 583 g/mol. The van der Waals surface area contributed by atoms with Gasteiger partial charge in [0.25, 0.3) is 5.91 Å². The molecule has 0 aliphatic heterocycles. The fraction of sp³-hybridized carbons (Fsp3) is 0.237. The maximum atomic E-state index is 13.4. The van der Waals surface area contributed by atoms with Crippen molar-refractivity contribution >= 4 is 22.6 Å². The monoisotopic (exact) mass is 620 g/mol. The first-order valence-corrected chi connectivity index (χ1v) is 15.1. The molecule has 0 saturated carbocycles. The van der Waals surface area contributed by atoms with Crippen LogP contribution in [-0.4, -0.2) is 30.6 Å². The van der Waals surface area contributed by atoms with Gasteiger partial charge in [0, 0.05) is 18.0 Å². The summed E-state index contributed by atoms with van der Waals surface area (Å²) in [6.07, 6.45) is 2.12. The molecule has 8 heteroatoms. The number of hydrogen-bond donors (Lipinski definition) is 1. The van der Waals surface area contributed by atoms with E-state index in [1.807, 2.05) is 36.4 Å². The Hall–Kier alpha value is -5.24. The van der Waals surface area contributed by atoms with Crippen molar-refractivity contribution in [2.75, 3.05) is 13.7 Å². The summed E-state index contributed by atoms with van der Waals surface area (Å²) in [6, 6.07) is 28.2. The second-order valence-electron chi connectivity index (χ2n) is 12.1. The molecule has 0 radical (unpaired) electrons. The Balaban J connectivity index is 1.27. The first-order chi connectivity index (χ1) is 22.1. The fourth-order valence-electron chi connectivity index (χ4n) is 4.98. The molecule has 5 rings (SSSR count). The highest BCUT2D eigenvalue weighted by Crippen LogP contribution is 2.29. The molecule has 1 atom stereocenters. The van der Waals surface area contributed by atoms with Gasteiger partial charge in [-0.2, -0.15) is 0 Å². The van der Waals surface area contributed by atoms with Crippen molar-refractivity contribution in [2.45, 2.75) is 45.1 Å². The zero-order valence-electron chi connectivity index (χ0n) is 26.4. The van der Waals surface area contributed by atoms with Crippen molar-refractivity contribution in [1.29, 1.82) is 0 Å². The normalized spacial score (nSPS) is 11.9. The minimum Gasteiger partial charge on any atom is -0.493 e. The van der Waals surface area contributed by atoms with Gasteiger partial charge in [-0.25, -0.2) is 4.39 Å². The Morgan fingerprint density at radius 2 is 1.57 bits per heavy atom. The van der Waals surface area contributed by atoms with Gasteiger partial charge in [0.05, 0.1) is 26.2 Å². The molecule has 1 aromatic heterocycles. The third-order valence-corrected chi connectivity index (χ3v) is 7.62. The van der Waals surface area contributed by atoms with Crippen molar-refractivity contribution in [2.24, 2.45) is 0 Å². The number of ether oxygens (including phenoxy) is 3. The van der Waals surface area contributed by atoms with Gasteiger partial charge in [0.15, 0.2) is 0 Å². The Kier molecular flexibility index (Phi) is 9.96. The molecule has 7 nitrogen and oxygen atoms in total. The molecule has 0 saturated heterocycles. The molecule has 5 aromatic rings. The molecule has 1 amide bonds. The van der Waals surface area contributed by atoms with Crippen LogP contribution in [0.25, 0.3) is 10.8 Å². The number of carbonyl (C=O) groups excluding carboxylic acids is 2. The summed E-state index contributed by atoms with van der Waals surface area (Å²) in [5.74, 6) is 0.780. The summed E-state index contributed by atoms with van der Waals surface area (Å²) in [5.41, 5.74) is 3.00. The lowest BCUT2D eigenvalue weighted by molar-refractivity contribution is -0.141. The van der Waals surface area contributed by atoms with E-state index in [-0.39, 0.29) is 23.3 Å². The number of carbonyl (C=O) groups is 2. The zero-order valence-corrected chi connectivity index (χ0v) is 26.4. The topological polar surface area (TPSA) is 86.8 Å². The van der Waals surface area contributed by atoms with Crippen LogP contribution in [0.5, 0.6) is 17.2 Å². The lowest BCUT2D eigenvalue weighted by atomic mass is 9.87. The maximum Gasteiger partial charge on any atom is 0.307 e. The molecule has 0 bridgehead atoms. The smallest absolute Gasteiger partial charge is 0.307 e. The van der Waals surface area contributed by atoms with Crippen LogP contribution in [0.15, 0.2) is 103 Å². The number of fused-ring (bicyclic) bond motifs is 1. The second kappa shape index (κ2) is 14.2. The number of benzene rings is 4. The molecule has 4 aromatic carbocycles. The van der Waals surface area contributed by atoms with E-state index in [1.54, 1.807) is 42.6 Å².